The highest BCUT2D eigenvalue weighted by Crippen LogP contribution is 2.21. The average molecular weight is 325 g/mol. The Labute approximate surface area is 132 Å². The van der Waals surface area contributed by atoms with Crippen molar-refractivity contribution >= 4 is 27.8 Å². The standard InChI is InChI=1S/C13H19N5OS2/c1-10-15-16-13(21-10)17(2)7-11-9-20-12(14-11)8-18-3-5-19-6-4-18/h9H,3-8H2,1-2H3. The Kier molecular flexibility index (Phi) is 4.79. The third-order valence-corrected chi connectivity index (χ3v) is 5.14. The molecule has 6 nitrogen and oxygen atoms in total. The SMILES string of the molecule is Cc1nnc(N(C)Cc2csc(CN3CCOCC3)n2)s1. The van der Waals surface area contributed by atoms with Crippen molar-refractivity contribution in [1.82, 2.24) is 20.1 Å². The highest BCUT2D eigenvalue weighted by molar-refractivity contribution is 7.15. The number of ether oxygens (including phenoxy) is 1. The zero-order chi connectivity index (χ0) is 14.7. The van der Waals surface area contributed by atoms with Crippen molar-refractivity contribution in [1.29, 1.82) is 0 Å². The molecule has 0 saturated carbocycles. The van der Waals surface area contributed by atoms with Crippen LogP contribution >= 0.6 is 22.7 Å². The molecular formula is C13H19N5OS2. The number of aromatic nitrogens is 3. The molecule has 0 amide bonds. The van der Waals surface area contributed by atoms with Crippen LogP contribution < -0.4 is 4.90 Å². The number of rotatable bonds is 5. The lowest BCUT2D eigenvalue weighted by Gasteiger charge is -2.25. The first-order chi connectivity index (χ1) is 10.2. The number of thiazole rings is 1. The first kappa shape index (κ1) is 14.8. The maximum atomic E-state index is 5.37. The Hall–Kier alpha value is -1.09. The van der Waals surface area contributed by atoms with Gasteiger partial charge in [0.15, 0.2) is 0 Å². The van der Waals surface area contributed by atoms with Gasteiger partial charge < -0.3 is 9.64 Å². The van der Waals surface area contributed by atoms with E-state index in [9.17, 15) is 0 Å². The molecule has 1 saturated heterocycles. The third-order valence-electron chi connectivity index (χ3n) is 3.30. The lowest BCUT2D eigenvalue weighted by Crippen LogP contribution is -2.35. The molecule has 114 valence electrons. The number of hydrogen-bond acceptors (Lipinski definition) is 8. The fraction of sp³-hybridized carbons (Fsp3) is 0.615. The fourth-order valence-electron chi connectivity index (χ4n) is 2.20. The van der Waals surface area contributed by atoms with Crippen LogP contribution in [0.15, 0.2) is 5.38 Å². The third kappa shape index (κ3) is 3.97. The van der Waals surface area contributed by atoms with E-state index in [0.29, 0.717) is 0 Å². The molecule has 3 rings (SSSR count). The van der Waals surface area contributed by atoms with Crippen molar-refractivity contribution in [2.75, 3.05) is 38.3 Å². The summed E-state index contributed by atoms with van der Waals surface area (Å²) >= 11 is 3.34. The van der Waals surface area contributed by atoms with Crippen LogP contribution in [0, 0.1) is 6.92 Å². The molecule has 0 bridgehead atoms. The minimum atomic E-state index is 0.772. The summed E-state index contributed by atoms with van der Waals surface area (Å²) in [4.78, 5) is 9.22. The van der Waals surface area contributed by atoms with Crippen LogP contribution in [-0.2, 0) is 17.8 Å². The smallest absolute Gasteiger partial charge is 0.208 e. The van der Waals surface area contributed by atoms with E-state index in [1.165, 1.54) is 5.01 Å². The minimum Gasteiger partial charge on any atom is -0.379 e. The van der Waals surface area contributed by atoms with Crippen molar-refractivity contribution < 1.29 is 4.74 Å². The maximum Gasteiger partial charge on any atom is 0.208 e. The number of anilines is 1. The second-order valence-corrected chi connectivity index (χ2v) is 7.18. The Morgan fingerprint density at radius 1 is 1.33 bits per heavy atom. The predicted octanol–water partition coefficient (Wildman–Crippen LogP) is 1.77. The summed E-state index contributed by atoms with van der Waals surface area (Å²) in [6.45, 7) is 7.33. The molecule has 1 fully saturated rings. The fourth-order valence-corrected chi connectivity index (χ4v) is 3.67. The van der Waals surface area contributed by atoms with Crippen LogP contribution in [0.4, 0.5) is 5.13 Å². The Balaban J connectivity index is 1.57. The molecular weight excluding hydrogens is 306 g/mol. The summed E-state index contributed by atoms with van der Waals surface area (Å²) in [6.07, 6.45) is 0. The molecule has 0 atom stereocenters. The molecule has 0 unspecified atom stereocenters. The number of aryl methyl sites for hydroxylation is 1. The molecule has 0 aliphatic carbocycles. The first-order valence-corrected chi connectivity index (χ1v) is 8.65. The molecule has 0 radical (unpaired) electrons. The van der Waals surface area contributed by atoms with Gasteiger partial charge in [-0.05, 0) is 6.92 Å². The zero-order valence-corrected chi connectivity index (χ0v) is 13.9. The van der Waals surface area contributed by atoms with Crippen LogP contribution in [-0.4, -0.2) is 53.4 Å². The maximum absolute atomic E-state index is 5.37. The van der Waals surface area contributed by atoms with Gasteiger partial charge in [0, 0.05) is 25.5 Å². The first-order valence-electron chi connectivity index (χ1n) is 6.95. The zero-order valence-electron chi connectivity index (χ0n) is 12.3. The van der Waals surface area contributed by atoms with E-state index in [1.54, 1.807) is 22.7 Å². The number of hydrogen-bond donors (Lipinski definition) is 0. The van der Waals surface area contributed by atoms with Crippen molar-refractivity contribution in [2.24, 2.45) is 0 Å². The lowest BCUT2D eigenvalue weighted by atomic mass is 10.4. The summed E-state index contributed by atoms with van der Waals surface area (Å²) in [5, 5.41) is 13.5. The summed E-state index contributed by atoms with van der Waals surface area (Å²) in [5.41, 5.74) is 1.10. The molecule has 8 heteroatoms. The monoisotopic (exact) mass is 325 g/mol. The Bertz CT molecular complexity index is 579. The van der Waals surface area contributed by atoms with Crippen molar-refractivity contribution in [2.45, 2.75) is 20.0 Å². The van der Waals surface area contributed by atoms with Gasteiger partial charge in [0.1, 0.15) is 10.0 Å². The van der Waals surface area contributed by atoms with Crippen LogP contribution in [0.25, 0.3) is 0 Å². The van der Waals surface area contributed by atoms with E-state index in [-0.39, 0.29) is 0 Å². The molecule has 0 spiro atoms. The highest BCUT2D eigenvalue weighted by Gasteiger charge is 2.14. The van der Waals surface area contributed by atoms with Gasteiger partial charge in [-0.2, -0.15) is 0 Å². The van der Waals surface area contributed by atoms with Crippen molar-refractivity contribution in [3.8, 4) is 0 Å². The lowest BCUT2D eigenvalue weighted by molar-refractivity contribution is 0.0341. The van der Waals surface area contributed by atoms with E-state index in [4.69, 9.17) is 9.72 Å². The van der Waals surface area contributed by atoms with Crippen molar-refractivity contribution in [3.05, 3.63) is 21.1 Å². The van der Waals surface area contributed by atoms with Crippen LogP contribution in [0.1, 0.15) is 15.7 Å². The van der Waals surface area contributed by atoms with E-state index in [1.807, 2.05) is 14.0 Å². The minimum absolute atomic E-state index is 0.772. The Morgan fingerprint density at radius 2 is 2.14 bits per heavy atom. The largest absolute Gasteiger partial charge is 0.379 e. The summed E-state index contributed by atoms with van der Waals surface area (Å²) in [5.74, 6) is 0. The summed E-state index contributed by atoms with van der Waals surface area (Å²) in [6, 6.07) is 0. The second-order valence-electron chi connectivity index (χ2n) is 5.08. The van der Waals surface area contributed by atoms with Gasteiger partial charge in [-0.3, -0.25) is 4.90 Å². The van der Waals surface area contributed by atoms with E-state index in [2.05, 4.69) is 25.4 Å². The van der Waals surface area contributed by atoms with Crippen LogP contribution in [0.3, 0.4) is 0 Å². The van der Waals surface area contributed by atoms with Crippen LogP contribution in [0.2, 0.25) is 0 Å². The molecule has 0 N–H and O–H groups in total. The van der Waals surface area contributed by atoms with E-state index < -0.39 is 0 Å². The van der Waals surface area contributed by atoms with Crippen molar-refractivity contribution in [3.63, 3.8) is 0 Å². The number of nitrogens with zero attached hydrogens (tertiary/aromatic N) is 5. The molecule has 1 aliphatic rings. The summed E-state index contributed by atoms with van der Waals surface area (Å²) in [7, 11) is 2.03. The Morgan fingerprint density at radius 3 is 2.86 bits per heavy atom. The molecule has 3 heterocycles. The summed E-state index contributed by atoms with van der Waals surface area (Å²) < 4.78 is 5.37. The molecule has 1 aliphatic heterocycles. The van der Waals surface area contributed by atoms with Gasteiger partial charge in [-0.15, -0.1) is 21.5 Å². The normalized spacial score (nSPS) is 16.3. The molecule has 2 aromatic rings. The quantitative estimate of drug-likeness (QED) is 0.835. The predicted molar refractivity (Wildman–Crippen MR) is 85.0 cm³/mol. The average Bonchev–Trinajstić information content (AvgIpc) is 3.09. The van der Waals surface area contributed by atoms with Gasteiger partial charge in [-0.1, -0.05) is 11.3 Å². The molecule has 21 heavy (non-hydrogen) atoms. The molecule has 2 aromatic heterocycles. The van der Waals surface area contributed by atoms with Gasteiger partial charge in [0.2, 0.25) is 5.13 Å². The van der Waals surface area contributed by atoms with Gasteiger partial charge >= 0.3 is 0 Å². The number of morpholine rings is 1. The van der Waals surface area contributed by atoms with Crippen LogP contribution in [0.5, 0.6) is 0 Å². The topological polar surface area (TPSA) is 54.4 Å². The van der Waals surface area contributed by atoms with Gasteiger partial charge in [-0.25, -0.2) is 4.98 Å². The van der Waals surface area contributed by atoms with E-state index >= 15 is 0 Å². The van der Waals surface area contributed by atoms with Gasteiger partial charge in [0.25, 0.3) is 0 Å². The highest BCUT2D eigenvalue weighted by atomic mass is 32.1. The molecule has 0 aromatic carbocycles. The second kappa shape index (κ2) is 6.78. The van der Waals surface area contributed by atoms with E-state index in [0.717, 1.165) is 55.2 Å². The van der Waals surface area contributed by atoms with Gasteiger partial charge in [0.05, 0.1) is 32.0 Å².